The maximum absolute atomic E-state index is 13.8. The van der Waals surface area contributed by atoms with E-state index in [4.69, 9.17) is 11.7 Å². The van der Waals surface area contributed by atoms with Gasteiger partial charge in [0.1, 0.15) is 0 Å². The van der Waals surface area contributed by atoms with Crippen LogP contribution in [0.15, 0.2) is 100 Å². The first-order valence-electron chi connectivity index (χ1n) is 11.3. The fourth-order valence-electron chi connectivity index (χ4n) is 4.28. The van der Waals surface area contributed by atoms with Gasteiger partial charge < -0.3 is 9.13 Å². The van der Waals surface area contributed by atoms with Crippen LogP contribution >= 0.6 is 0 Å². The molecule has 0 aliphatic carbocycles. The van der Waals surface area contributed by atoms with Crippen LogP contribution < -0.4 is 5.56 Å². The molecular weight excluding hydrogens is 484 g/mol. The molecule has 0 amide bonds. The van der Waals surface area contributed by atoms with Crippen molar-refractivity contribution >= 4 is 20.7 Å². The van der Waals surface area contributed by atoms with Gasteiger partial charge in [0.05, 0.1) is 34.6 Å². The Labute approximate surface area is 213 Å². The minimum Gasteiger partial charge on any atom is -0.317 e. The van der Waals surface area contributed by atoms with Gasteiger partial charge in [-0.1, -0.05) is 30.2 Å². The van der Waals surface area contributed by atoms with Crippen molar-refractivity contribution in [3.63, 3.8) is 0 Å². The van der Waals surface area contributed by atoms with E-state index in [1.165, 1.54) is 29.2 Å². The summed E-state index contributed by atoms with van der Waals surface area (Å²) < 4.78 is 30.5. The molecule has 8 heteroatoms. The van der Waals surface area contributed by atoms with Crippen LogP contribution in [-0.2, 0) is 23.4 Å². The first-order chi connectivity index (χ1) is 17.8. The van der Waals surface area contributed by atoms with Crippen LogP contribution in [0.5, 0.6) is 0 Å². The first-order valence-corrected chi connectivity index (χ1v) is 12.8. The summed E-state index contributed by atoms with van der Waals surface area (Å²) in [5.74, 6) is 2.59. The summed E-state index contributed by atoms with van der Waals surface area (Å²) in [6.07, 6.45) is 8.35. The van der Waals surface area contributed by atoms with E-state index in [0.29, 0.717) is 27.6 Å². The van der Waals surface area contributed by atoms with Crippen molar-refractivity contribution in [3.8, 4) is 29.5 Å². The molecule has 0 aliphatic rings. The smallest absolute Gasteiger partial charge is 0.251 e. The largest absolute Gasteiger partial charge is 0.317 e. The highest BCUT2D eigenvalue weighted by molar-refractivity contribution is 7.91. The normalized spacial score (nSPS) is 11.2. The van der Waals surface area contributed by atoms with E-state index >= 15 is 0 Å². The van der Waals surface area contributed by atoms with Gasteiger partial charge in [0.2, 0.25) is 9.84 Å². The molecule has 180 valence electrons. The molecule has 0 saturated heterocycles. The predicted octanol–water partition coefficient (Wildman–Crippen LogP) is 4.14. The second-order valence-corrected chi connectivity index (χ2v) is 10.4. The number of pyridine rings is 1. The molecule has 0 unspecified atom stereocenters. The number of fused-ring (bicyclic) bond motifs is 1. The zero-order chi connectivity index (χ0) is 26.2. The number of aromatic nitrogens is 3. The van der Waals surface area contributed by atoms with Gasteiger partial charge in [-0.25, -0.2) is 13.4 Å². The maximum Gasteiger partial charge on any atom is 0.251 e. The van der Waals surface area contributed by atoms with Gasteiger partial charge >= 0.3 is 0 Å². The van der Waals surface area contributed by atoms with Crippen molar-refractivity contribution < 1.29 is 8.42 Å². The van der Waals surface area contributed by atoms with Gasteiger partial charge in [-0.3, -0.25) is 4.79 Å². The molecule has 0 atom stereocenters. The zero-order valence-corrected chi connectivity index (χ0v) is 20.6. The van der Waals surface area contributed by atoms with Crippen LogP contribution in [0.1, 0.15) is 16.7 Å². The average Bonchev–Trinajstić information content (AvgIpc) is 3.40. The van der Waals surface area contributed by atoms with E-state index in [2.05, 4.69) is 17.0 Å². The Hall–Kier alpha value is -4.92. The van der Waals surface area contributed by atoms with E-state index in [1.807, 2.05) is 6.07 Å². The highest BCUT2D eigenvalue weighted by Crippen LogP contribution is 2.31. The topological polar surface area (TPSA) is 97.8 Å². The molecule has 0 fully saturated rings. The number of nitriles is 1. The number of imidazole rings is 1. The Bertz CT molecular complexity index is 1920. The summed E-state index contributed by atoms with van der Waals surface area (Å²) in [5, 5.41) is 9.66. The lowest BCUT2D eigenvalue weighted by molar-refractivity contribution is 0.581. The Morgan fingerprint density at radius 2 is 1.78 bits per heavy atom. The van der Waals surface area contributed by atoms with Crippen molar-refractivity contribution in [2.75, 3.05) is 0 Å². The summed E-state index contributed by atoms with van der Waals surface area (Å²) in [4.78, 5) is 16.8. The van der Waals surface area contributed by atoms with Crippen LogP contribution in [0, 0.1) is 23.7 Å². The van der Waals surface area contributed by atoms with Crippen LogP contribution in [0.4, 0.5) is 0 Å². The minimum absolute atomic E-state index is 0.0388. The highest BCUT2D eigenvalue weighted by atomic mass is 32.2. The van der Waals surface area contributed by atoms with Gasteiger partial charge in [-0.15, -0.1) is 6.42 Å². The summed E-state index contributed by atoms with van der Waals surface area (Å²) in [6, 6.07) is 22.4. The Morgan fingerprint density at radius 1 is 1.00 bits per heavy atom. The molecule has 0 spiro atoms. The molecule has 5 rings (SSSR count). The molecule has 0 aliphatic heterocycles. The van der Waals surface area contributed by atoms with E-state index < -0.39 is 9.84 Å². The number of terminal acetylenes is 1. The summed E-state index contributed by atoms with van der Waals surface area (Å²) in [7, 11) is -2.31. The number of hydrogen-bond donors (Lipinski definition) is 0. The molecule has 3 aromatic carbocycles. The quantitative estimate of drug-likeness (QED) is 0.335. The molecule has 0 bridgehead atoms. The molecule has 0 saturated carbocycles. The molecular formula is C29H20N4O3S. The number of sulfone groups is 1. The highest BCUT2D eigenvalue weighted by Gasteiger charge is 2.24. The van der Waals surface area contributed by atoms with Crippen LogP contribution in [-0.4, -0.2) is 22.5 Å². The van der Waals surface area contributed by atoms with Crippen molar-refractivity contribution in [2.45, 2.75) is 16.5 Å². The third kappa shape index (κ3) is 4.31. The number of rotatable bonds is 5. The van der Waals surface area contributed by atoms with E-state index in [9.17, 15) is 13.2 Å². The molecule has 2 aromatic heterocycles. The van der Waals surface area contributed by atoms with Crippen molar-refractivity contribution in [3.05, 3.63) is 112 Å². The zero-order valence-electron chi connectivity index (χ0n) is 19.8. The lowest BCUT2D eigenvalue weighted by Crippen LogP contribution is -2.17. The predicted molar refractivity (Wildman–Crippen MR) is 140 cm³/mol. The summed E-state index contributed by atoms with van der Waals surface area (Å²) in [5.41, 5.74) is 3.70. The van der Waals surface area contributed by atoms with E-state index in [0.717, 1.165) is 11.1 Å². The van der Waals surface area contributed by atoms with Crippen LogP contribution in [0.2, 0.25) is 0 Å². The second-order valence-electron chi connectivity index (χ2n) is 8.53. The van der Waals surface area contributed by atoms with E-state index in [-0.39, 0.29) is 22.0 Å². The van der Waals surface area contributed by atoms with Crippen LogP contribution in [0.25, 0.3) is 22.0 Å². The first kappa shape index (κ1) is 23.8. The molecule has 0 radical (unpaired) electrons. The summed E-state index contributed by atoms with van der Waals surface area (Å²) >= 11 is 0. The van der Waals surface area contributed by atoms with Gasteiger partial charge in [-0.05, 0) is 59.2 Å². The Morgan fingerprint density at radius 3 is 2.51 bits per heavy atom. The summed E-state index contributed by atoms with van der Waals surface area (Å²) in [6.45, 7) is 0.270. The maximum atomic E-state index is 13.8. The van der Waals surface area contributed by atoms with Gasteiger partial charge in [0.25, 0.3) is 5.56 Å². The van der Waals surface area contributed by atoms with Crippen molar-refractivity contribution in [2.24, 2.45) is 7.05 Å². The Balaban J connectivity index is 1.63. The minimum atomic E-state index is -3.96. The fourth-order valence-corrected chi connectivity index (χ4v) is 5.66. The van der Waals surface area contributed by atoms with Gasteiger partial charge in [0, 0.05) is 30.6 Å². The van der Waals surface area contributed by atoms with E-state index in [1.54, 1.807) is 66.2 Å². The fraction of sp³-hybridized carbons (Fsp3) is 0.0690. The second kappa shape index (κ2) is 9.27. The van der Waals surface area contributed by atoms with Crippen LogP contribution in [0.3, 0.4) is 0 Å². The van der Waals surface area contributed by atoms with Gasteiger partial charge in [0.15, 0.2) is 5.03 Å². The molecule has 5 aromatic rings. The number of hydrogen-bond acceptors (Lipinski definition) is 5. The number of benzene rings is 3. The number of nitrogens with zero attached hydrogens (tertiary/aromatic N) is 4. The molecule has 7 nitrogen and oxygen atoms in total. The lowest BCUT2D eigenvalue weighted by atomic mass is 9.99. The molecule has 0 N–H and O–H groups in total. The monoisotopic (exact) mass is 504 g/mol. The average molecular weight is 505 g/mol. The van der Waals surface area contributed by atoms with Crippen molar-refractivity contribution in [1.29, 1.82) is 5.26 Å². The molecule has 37 heavy (non-hydrogen) atoms. The lowest BCUT2D eigenvalue weighted by Gasteiger charge is -2.14. The Kier molecular flexibility index (Phi) is 5.96. The SMILES string of the molecule is C#Cc1cccc(-c2cc(=O)n(C)c3ccc(S(=O)(=O)c4cncn4Cc4ccc(C#N)cc4)cc23)c1. The number of aryl methyl sites for hydroxylation is 1. The van der Waals surface area contributed by atoms with Gasteiger partial charge in [-0.2, -0.15) is 5.26 Å². The molecule has 2 heterocycles. The third-order valence-electron chi connectivity index (χ3n) is 6.25. The third-order valence-corrected chi connectivity index (χ3v) is 8.02. The van der Waals surface area contributed by atoms with Crippen molar-refractivity contribution in [1.82, 2.24) is 14.1 Å². The standard InChI is InChI=1S/C29H20N4O3S/c1-3-20-5-4-6-23(13-20)25-15-28(34)32(2)27-12-11-24(14-26(25)27)37(35,36)29-17-31-19-33(29)18-22-9-7-21(16-30)8-10-22/h1,4-15,17,19H,18H2,2H3.